The van der Waals surface area contributed by atoms with E-state index < -0.39 is 0 Å². The summed E-state index contributed by atoms with van der Waals surface area (Å²) in [7, 11) is 1.63. The first-order valence-electron chi connectivity index (χ1n) is 15.4. The molecule has 0 unspecified atom stereocenters. The third-order valence-electron chi connectivity index (χ3n) is 7.19. The third-order valence-corrected chi connectivity index (χ3v) is 7.19. The molecule has 1 nitrogen and oxygen atoms in total. The number of ether oxygens (including phenoxy) is 1. The van der Waals surface area contributed by atoms with E-state index in [1.165, 1.54) is 0 Å². The van der Waals surface area contributed by atoms with E-state index in [9.17, 15) is 0 Å². The van der Waals surface area contributed by atoms with E-state index in [4.69, 9.17) is 4.74 Å². The Hall–Kier alpha value is -7.08. The molecule has 0 aliphatic carbocycles. The SMILES string of the molecule is COc1c(C#Cc2ccccc2)c(C#Cc2ccccc2)c(C#Cc2ccccc2)c(C#Cc2ccccc2)c1C#Cc1ccccc1. The van der Waals surface area contributed by atoms with E-state index >= 15 is 0 Å². The minimum Gasteiger partial charge on any atom is -0.494 e. The van der Waals surface area contributed by atoms with Gasteiger partial charge in [-0.25, -0.2) is 0 Å². The molecular formula is C47H28O. The topological polar surface area (TPSA) is 9.23 Å². The van der Waals surface area contributed by atoms with Gasteiger partial charge in [0.1, 0.15) is 0 Å². The molecule has 0 radical (unpaired) electrons. The van der Waals surface area contributed by atoms with Crippen LogP contribution in [0.25, 0.3) is 0 Å². The van der Waals surface area contributed by atoms with Gasteiger partial charge in [-0.1, -0.05) is 150 Å². The lowest BCUT2D eigenvalue weighted by molar-refractivity contribution is 0.412. The highest BCUT2D eigenvalue weighted by atomic mass is 16.5. The van der Waals surface area contributed by atoms with Crippen LogP contribution in [0.4, 0.5) is 0 Å². The molecular weight excluding hydrogens is 581 g/mol. The molecule has 0 aromatic heterocycles. The first-order chi connectivity index (χ1) is 23.8. The Balaban J connectivity index is 1.74. The van der Waals surface area contributed by atoms with Crippen LogP contribution in [0, 0.1) is 59.2 Å². The van der Waals surface area contributed by atoms with Crippen molar-refractivity contribution in [3.05, 3.63) is 207 Å². The van der Waals surface area contributed by atoms with Crippen molar-refractivity contribution in [3.8, 4) is 65.0 Å². The minimum atomic E-state index is 0.502. The number of methoxy groups -OCH3 is 1. The minimum absolute atomic E-state index is 0.502. The molecule has 0 fully saturated rings. The van der Waals surface area contributed by atoms with Crippen LogP contribution in [0.3, 0.4) is 0 Å². The van der Waals surface area contributed by atoms with E-state index in [1.807, 2.05) is 152 Å². The summed E-state index contributed by atoms with van der Waals surface area (Å²) in [6.07, 6.45) is 0. The number of benzene rings is 6. The molecule has 6 rings (SSSR count). The highest BCUT2D eigenvalue weighted by Crippen LogP contribution is 2.33. The number of hydrogen-bond donors (Lipinski definition) is 0. The van der Waals surface area contributed by atoms with Gasteiger partial charge in [-0.05, 0) is 60.7 Å². The van der Waals surface area contributed by atoms with Gasteiger partial charge in [0.2, 0.25) is 0 Å². The molecule has 1 heteroatoms. The molecule has 0 amide bonds. The smallest absolute Gasteiger partial charge is 0.152 e. The fourth-order valence-electron chi connectivity index (χ4n) is 4.83. The summed E-state index contributed by atoms with van der Waals surface area (Å²) in [6.45, 7) is 0. The second-order valence-corrected chi connectivity index (χ2v) is 10.5. The summed E-state index contributed by atoms with van der Waals surface area (Å²) < 4.78 is 6.17. The first kappa shape index (κ1) is 30.9. The third kappa shape index (κ3) is 7.95. The molecule has 0 atom stereocenters. The molecule has 0 saturated heterocycles. The molecule has 0 spiro atoms. The van der Waals surface area contributed by atoms with Gasteiger partial charge in [0.05, 0.1) is 34.9 Å². The molecule has 0 bridgehead atoms. The number of rotatable bonds is 1. The fraction of sp³-hybridized carbons (Fsp3) is 0.0213. The monoisotopic (exact) mass is 608 g/mol. The van der Waals surface area contributed by atoms with Crippen LogP contribution in [0.2, 0.25) is 0 Å². The molecule has 0 N–H and O–H groups in total. The van der Waals surface area contributed by atoms with E-state index in [0.717, 1.165) is 27.8 Å². The molecule has 0 heterocycles. The van der Waals surface area contributed by atoms with Crippen LogP contribution < -0.4 is 4.74 Å². The zero-order valence-electron chi connectivity index (χ0n) is 26.3. The van der Waals surface area contributed by atoms with Crippen LogP contribution in [-0.2, 0) is 0 Å². The van der Waals surface area contributed by atoms with Crippen LogP contribution in [0.15, 0.2) is 152 Å². The maximum atomic E-state index is 6.17. The van der Waals surface area contributed by atoms with Gasteiger partial charge in [-0.15, -0.1) is 0 Å². The first-order valence-corrected chi connectivity index (χ1v) is 15.4. The largest absolute Gasteiger partial charge is 0.494 e. The Morgan fingerprint density at radius 2 is 0.479 bits per heavy atom. The second-order valence-electron chi connectivity index (χ2n) is 10.5. The molecule has 48 heavy (non-hydrogen) atoms. The molecule has 6 aromatic rings. The standard InChI is InChI=1S/C47H28O/c1-48-47-45(35-30-40-23-13-5-14-24-40)43(33-28-38-19-9-3-10-20-38)42(32-27-37-17-7-2-8-18-37)44(34-29-39-21-11-4-12-22-39)46(47)36-31-41-25-15-6-16-26-41/h2-26H,1H3. The lowest BCUT2D eigenvalue weighted by Gasteiger charge is -2.14. The maximum absolute atomic E-state index is 6.17. The van der Waals surface area contributed by atoms with Crippen molar-refractivity contribution in [1.82, 2.24) is 0 Å². The quantitative estimate of drug-likeness (QED) is 0.170. The van der Waals surface area contributed by atoms with Gasteiger partial charge >= 0.3 is 0 Å². The van der Waals surface area contributed by atoms with Gasteiger partial charge in [0.15, 0.2) is 5.75 Å². The Morgan fingerprint density at radius 3 is 0.708 bits per heavy atom. The van der Waals surface area contributed by atoms with Gasteiger partial charge in [0.25, 0.3) is 0 Å². The summed E-state index contributed by atoms with van der Waals surface area (Å²) >= 11 is 0. The van der Waals surface area contributed by atoms with Crippen molar-refractivity contribution in [2.75, 3.05) is 7.11 Å². The summed E-state index contributed by atoms with van der Waals surface area (Å²) in [6, 6.07) is 49.3. The highest BCUT2D eigenvalue weighted by molar-refractivity contribution is 5.78. The van der Waals surface area contributed by atoms with Gasteiger partial charge < -0.3 is 4.74 Å². The molecule has 0 aliphatic rings. The predicted octanol–water partition coefficient (Wildman–Crippen LogP) is 8.69. The number of hydrogen-bond acceptors (Lipinski definition) is 1. The fourth-order valence-corrected chi connectivity index (χ4v) is 4.83. The second kappa shape index (κ2) is 15.8. The van der Waals surface area contributed by atoms with Crippen molar-refractivity contribution in [2.24, 2.45) is 0 Å². The predicted molar refractivity (Wildman–Crippen MR) is 195 cm³/mol. The maximum Gasteiger partial charge on any atom is 0.152 e. The Morgan fingerprint density at radius 1 is 0.271 bits per heavy atom. The highest BCUT2D eigenvalue weighted by Gasteiger charge is 2.21. The average molecular weight is 609 g/mol. The van der Waals surface area contributed by atoms with Crippen LogP contribution in [0.1, 0.15) is 55.6 Å². The van der Waals surface area contributed by atoms with Crippen molar-refractivity contribution in [3.63, 3.8) is 0 Å². The van der Waals surface area contributed by atoms with Crippen molar-refractivity contribution >= 4 is 0 Å². The van der Waals surface area contributed by atoms with E-state index in [-0.39, 0.29) is 0 Å². The van der Waals surface area contributed by atoms with E-state index in [0.29, 0.717) is 33.6 Å². The summed E-state index contributed by atoms with van der Waals surface area (Å²) in [4.78, 5) is 0. The molecule has 0 saturated carbocycles. The van der Waals surface area contributed by atoms with Crippen molar-refractivity contribution in [2.45, 2.75) is 0 Å². The van der Waals surface area contributed by atoms with Crippen LogP contribution in [0.5, 0.6) is 5.75 Å². The molecule has 222 valence electrons. The zero-order chi connectivity index (χ0) is 32.8. The Labute approximate surface area is 283 Å². The van der Waals surface area contributed by atoms with Crippen molar-refractivity contribution < 1.29 is 4.74 Å². The molecule has 6 aromatic carbocycles. The average Bonchev–Trinajstić information content (AvgIpc) is 3.16. The summed E-state index contributed by atoms with van der Waals surface area (Å²) in [5, 5.41) is 0. The Bertz CT molecular complexity index is 2210. The lowest BCUT2D eigenvalue weighted by Crippen LogP contribution is -2.04. The molecule has 0 aliphatic heterocycles. The summed E-state index contributed by atoms with van der Waals surface area (Å²) in [5.74, 6) is 34.3. The lowest BCUT2D eigenvalue weighted by atomic mass is 9.89. The summed E-state index contributed by atoms with van der Waals surface area (Å²) in [5.41, 5.74) is 7.43. The zero-order valence-corrected chi connectivity index (χ0v) is 26.3. The van der Waals surface area contributed by atoms with Gasteiger partial charge in [-0.3, -0.25) is 0 Å². The van der Waals surface area contributed by atoms with Gasteiger partial charge in [0, 0.05) is 27.8 Å². The normalized spacial score (nSPS) is 9.35. The van der Waals surface area contributed by atoms with Crippen LogP contribution in [-0.4, -0.2) is 7.11 Å². The van der Waals surface area contributed by atoms with Crippen molar-refractivity contribution in [1.29, 1.82) is 0 Å². The van der Waals surface area contributed by atoms with Crippen LogP contribution >= 0.6 is 0 Å². The van der Waals surface area contributed by atoms with E-state index in [1.54, 1.807) is 7.11 Å². The Kier molecular flexibility index (Phi) is 10.2. The van der Waals surface area contributed by atoms with E-state index in [2.05, 4.69) is 59.2 Å². The van der Waals surface area contributed by atoms with Gasteiger partial charge in [-0.2, -0.15) is 0 Å².